The molecule has 3 rings (SSSR count). The molecule has 0 aromatic heterocycles. The van der Waals surface area contributed by atoms with Gasteiger partial charge in [0.25, 0.3) is 12.9 Å². The van der Waals surface area contributed by atoms with Crippen LogP contribution < -0.4 is 18.9 Å². The first kappa shape index (κ1) is 16.0. The molecule has 0 saturated heterocycles. The van der Waals surface area contributed by atoms with E-state index in [-0.39, 0.29) is 47.8 Å². The van der Waals surface area contributed by atoms with Crippen LogP contribution in [0.3, 0.4) is 0 Å². The largest absolute Gasteiger partial charge is 0.425 e. The molecule has 2 aliphatic carbocycles. The number of benzene rings is 1. The second-order valence-corrected chi connectivity index (χ2v) is 5.56. The van der Waals surface area contributed by atoms with E-state index in [0.717, 1.165) is 25.7 Å². The van der Waals surface area contributed by atoms with Gasteiger partial charge < -0.3 is 18.9 Å². The van der Waals surface area contributed by atoms with E-state index in [1.165, 1.54) is 12.1 Å². The third-order valence-electron chi connectivity index (χ3n) is 3.60. The van der Waals surface area contributed by atoms with Crippen LogP contribution in [0.15, 0.2) is 12.1 Å². The van der Waals surface area contributed by atoms with Gasteiger partial charge in [0.1, 0.15) is 0 Å². The van der Waals surface area contributed by atoms with E-state index in [4.69, 9.17) is 18.9 Å². The molecule has 2 aliphatic rings. The number of carbonyl (C=O) groups excluding carboxylic acids is 4. The van der Waals surface area contributed by atoms with Gasteiger partial charge in [0.15, 0.2) is 23.0 Å². The maximum absolute atomic E-state index is 11.9. The predicted molar refractivity (Wildman–Crippen MR) is 76.5 cm³/mol. The summed E-state index contributed by atoms with van der Waals surface area (Å²) in [5.41, 5.74) is 0. The molecule has 0 bridgehead atoms. The Balaban J connectivity index is 1.91. The number of carbonyl (C=O) groups is 4. The minimum atomic E-state index is -0.458. The Kier molecular flexibility index (Phi) is 4.45. The fourth-order valence-corrected chi connectivity index (χ4v) is 1.99. The van der Waals surface area contributed by atoms with Gasteiger partial charge in [-0.1, -0.05) is 0 Å². The molecule has 0 unspecified atom stereocenters. The molecule has 24 heavy (non-hydrogen) atoms. The quantitative estimate of drug-likeness (QED) is 0.399. The van der Waals surface area contributed by atoms with Crippen molar-refractivity contribution in [2.75, 3.05) is 0 Å². The van der Waals surface area contributed by atoms with Crippen molar-refractivity contribution in [3.63, 3.8) is 0 Å². The van der Waals surface area contributed by atoms with Gasteiger partial charge in [-0.25, -0.2) is 0 Å². The lowest BCUT2D eigenvalue weighted by molar-refractivity contribution is -0.138. The van der Waals surface area contributed by atoms with E-state index in [1.54, 1.807) is 0 Å². The Morgan fingerprint density at radius 2 is 1.12 bits per heavy atom. The fraction of sp³-hybridized carbons (Fsp3) is 0.375. The molecule has 0 atom stereocenters. The molecule has 0 radical (unpaired) electrons. The zero-order valence-electron chi connectivity index (χ0n) is 12.6. The maximum atomic E-state index is 11.9. The second-order valence-electron chi connectivity index (χ2n) is 5.56. The molecule has 0 aliphatic heterocycles. The van der Waals surface area contributed by atoms with E-state index in [0.29, 0.717) is 0 Å². The van der Waals surface area contributed by atoms with Crippen LogP contribution in [-0.4, -0.2) is 24.9 Å². The van der Waals surface area contributed by atoms with Gasteiger partial charge in [-0.2, -0.15) is 0 Å². The summed E-state index contributed by atoms with van der Waals surface area (Å²) in [5.74, 6) is -1.70. The Morgan fingerprint density at radius 3 is 1.42 bits per heavy atom. The Hall–Kier alpha value is -2.90. The van der Waals surface area contributed by atoms with Crippen molar-refractivity contribution < 1.29 is 38.1 Å². The van der Waals surface area contributed by atoms with Crippen molar-refractivity contribution in [1.29, 1.82) is 0 Å². The molecule has 1 aromatic carbocycles. The van der Waals surface area contributed by atoms with Gasteiger partial charge in [0.05, 0.1) is 11.8 Å². The van der Waals surface area contributed by atoms with Crippen LogP contribution in [0.4, 0.5) is 0 Å². The minimum absolute atomic E-state index is 0.0731. The standard InChI is InChI=1S/C16H14O8/c17-7-21-11-5-13(23-15(19)9-1-2-9)14(6-12(11)22-8-18)24-16(20)10-3-4-10/h5-10H,1-4H2. The smallest absolute Gasteiger partial charge is 0.314 e. The third-order valence-corrected chi connectivity index (χ3v) is 3.60. The zero-order chi connectivity index (χ0) is 17.1. The molecule has 0 amide bonds. The molecule has 1 aromatic rings. The van der Waals surface area contributed by atoms with E-state index < -0.39 is 11.9 Å². The lowest BCUT2D eigenvalue weighted by Crippen LogP contribution is -2.14. The molecule has 0 spiro atoms. The third kappa shape index (κ3) is 3.70. The summed E-state index contributed by atoms with van der Waals surface area (Å²) >= 11 is 0. The highest BCUT2D eigenvalue weighted by Crippen LogP contribution is 2.42. The summed E-state index contributed by atoms with van der Waals surface area (Å²) in [6.07, 6.45) is 2.94. The number of hydrogen-bond acceptors (Lipinski definition) is 8. The highest BCUT2D eigenvalue weighted by Gasteiger charge is 2.35. The minimum Gasteiger partial charge on any atom is -0.425 e. The Bertz CT molecular complexity index is 629. The van der Waals surface area contributed by atoms with Gasteiger partial charge in [-0.15, -0.1) is 0 Å². The lowest BCUT2D eigenvalue weighted by Gasteiger charge is -2.13. The fourth-order valence-electron chi connectivity index (χ4n) is 1.99. The van der Waals surface area contributed by atoms with Crippen molar-refractivity contribution in [1.82, 2.24) is 0 Å². The van der Waals surface area contributed by atoms with Crippen LogP contribution in [0.25, 0.3) is 0 Å². The predicted octanol–water partition coefficient (Wildman–Crippen LogP) is 1.39. The zero-order valence-corrected chi connectivity index (χ0v) is 12.6. The maximum Gasteiger partial charge on any atom is 0.314 e. The van der Waals surface area contributed by atoms with Crippen molar-refractivity contribution in [2.45, 2.75) is 25.7 Å². The number of ether oxygens (including phenoxy) is 4. The highest BCUT2D eigenvalue weighted by atomic mass is 16.6. The summed E-state index contributed by atoms with van der Waals surface area (Å²) in [4.78, 5) is 44.9. The Labute approximate surface area is 136 Å². The average molecular weight is 334 g/mol. The summed E-state index contributed by atoms with van der Waals surface area (Å²) in [6, 6.07) is 2.34. The summed E-state index contributed by atoms with van der Waals surface area (Å²) < 4.78 is 19.9. The van der Waals surface area contributed by atoms with Crippen LogP contribution in [-0.2, 0) is 19.2 Å². The second kappa shape index (κ2) is 6.69. The molecule has 8 heteroatoms. The van der Waals surface area contributed by atoms with Gasteiger partial charge in [0.2, 0.25) is 0 Å². The van der Waals surface area contributed by atoms with Crippen molar-refractivity contribution in [3.05, 3.63) is 12.1 Å². The molecule has 126 valence electrons. The monoisotopic (exact) mass is 334 g/mol. The molecule has 0 N–H and O–H groups in total. The van der Waals surface area contributed by atoms with Crippen LogP contribution in [0.5, 0.6) is 23.0 Å². The Morgan fingerprint density at radius 1 is 0.750 bits per heavy atom. The molecular weight excluding hydrogens is 320 g/mol. The topological polar surface area (TPSA) is 105 Å². The molecule has 0 heterocycles. The lowest BCUT2D eigenvalue weighted by atomic mass is 10.2. The van der Waals surface area contributed by atoms with Gasteiger partial charge >= 0.3 is 11.9 Å². The first-order valence-corrected chi connectivity index (χ1v) is 7.44. The van der Waals surface area contributed by atoms with E-state index in [9.17, 15) is 19.2 Å². The number of hydrogen-bond donors (Lipinski definition) is 0. The van der Waals surface area contributed by atoms with Crippen LogP contribution in [0.2, 0.25) is 0 Å². The summed E-state index contributed by atoms with van der Waals surface area (Å²) in [7, 11) is 0. The van der Waals surface area contributed by atoms with E-state index in [2.05, 4.69) is 0 Å². The first-order valence-electron chi connectivity index (χ1n) is 7.44. The SMILES string of the molecule is O=COc1cc(OC(=O)C2CC2)c(OC(=O)C2CC2)cc1OC=O. The molecular formula is C16H14O8. The van der Waals surface area contributed by atoms with Crippen LogP contribution in [0, 0.1) is 11.8 Å². The van der Waals surface area contributed by atoms with E-state index in [1.807, 2.05) is 0 Å². The van der Waals surface area contributed by atoms with Crippen LogP contribution in [0.1, 0.15) is 25.7 Å². The van der Waals surface area contributed by atoms with Gasteiger partial charge in [-0.05, 0) is 25.7 Å². The van der Waals surface area contributed by atoms with Crippen molar-refractivity contribution in [3.8, 4) is 23.0 Å². The number of esters is 2. The summed E-state index contributed by atoms with van der Waals surface area (Å²) in [6.45, 7) is 0.269. The van der Waals surface area contributed by atoms with E-state index >= 15 is 0 Å². The van der Waals surface area contributed by atoms with Gasteiger partial charge in [0, 0.05) is 12.1 Å². The number of rotatable bonds is 8. The highest BCUT2D eigenvalue weighted by molar-refractivity contribution is 5.81. The molecule has 2 fully saturated rings. The molecule has 8 nitrogen and oxygen atoms in total. The first-order chi connectivity index (χ1) is 11.6. The normalized spacial score (nSPS) is 16.0. The molecule has 2 saturated carbocycles. The van der Waals surface area contributed by atoms with Crippen molar-refractivity contribution in [2.24, 2.45) is 11.8 Å². The van der Waals surface area contributed by atoms with Crippen LogP contribution >= 0.6 is 0 Å². The van der Waals surface area contributed by atoms with Gasteiger partial charge in [-0.3, -0.25) is 19.2 Å². The van der Waals surface area contributed by atoms with Crippen molar-refractivity contribution >= 4 is 24.9 Å². The average Bonchev–Trinajstić information content (AvgIpc) is 3.42. The summed E-state index contributed by atoms with van der Waals surface area (Å²) in [5, 5.41) is 0.